The summed E-state index contributed by atoms with van der Waals surface area (Å²) in [5, 5.41) is 11.9. The van der Waals surface area contributed by atoms with E-state index in [9.17, 15) is 4.79 Å². The van der Waals surface area contributed by atoms with E-state index < -0.39 is 0 Å². The first kappa shape index (κ1) is 17.1. The number of aryl methyl sites for hydroxylation is 2. The molecule has 0 aromatic heterocycles. The van der Waals surface area contributed by atoms with E-state index in [0.29, 0.717) is 11.3 Å². The second-order valence-corrected chi connectivity index (χ2v) is 6.86. The SMILES string of the molecule is Cc1ccc(C)c(NC(=O)C(C)SCc2ccccc2C#N)c1. The maximum atomic E-state index is 12.4. The Morgan fingerprint density at radius 1 is 1.26 bits per heavy atom. The largest absolute Gasteiger partial charge is 0.325 e. The van der Waals surface area contributed by atoms with Crippen LogP contribution >= 0.6 is 11.8 Å². The minimum Gasteiger partial charge on any atom is -0.325 e. The molecule has 0 heterocycles. The molecule has 0 saturated heterocycles. The Bertz CT molecular complexity index is 749. The van der Waals surface area contributed by atoms with E-state index in [2.05, 4.69) is 11.4 Å². The number of nitriles is 1. The first-order valence-electron chi connectivity index (χ1n) is 7.49. The summed E-state index contributed by atoms with van der Waals surface area (Å²) in [6, 6.07) is 15.7. The third-order valence-corrected chi connectivity index (χ3v) is 4.84. The van der Waals surface area contributed by atoms with Crippen LogP contribution in [0.3, 0.4) is 0 Å². The van der Waals surface area contributed by atoms with Gasteiger partial charge in [-0.2, -0.15) is 5.26 Å². The second-order valence-electron chi connectivity index (χ2n) is 5.53. The van der Waals surface area contributed by atoms with Crippen molar-refractivity contribution in [3.8, 4) is 6.07 Å². The van der Waals surface area contributed by atoms with Gasteiger partial charge in [0.1, 0.15) is 0 Å². The average molecular weight is 324 g/mol. The molecule has 2 aromatic carbocycles. The quantitative estimate of drug-likeness (QED) is 0.885. The first-order valence-corrected chi connectivity index (χ1v) is 8.54. The Morgan fingerprint density at radius 2 is 2.00 bits per heavy atom. The van der Waals surface area contributed by atoms with Crippen LogP contribution in [0.4, 0.5) is 5.69 Å². The van der Waals surface area contributed by atoms with Crippen LogP contribution in [0.25, 0.3) is 0 Å². The van der Waals surface area contributed by atoms with E-state index in [-0.39, 0.29) is 11.2 Å². The molecule has 0 fully saturated rings. The smallest absolute Gasteiger partial charge is 0.237 e. The van der Waals surface area contributed by atoms with Gasteiger partial charge in [-0.3, -0.25) is 4.79 Å². The van der Waals surface area contributed by atoms with Crippen LogP contribution in [-0.4, -0.2) is 11.2 Å². The third-order valence-electron chi connectivity index (χ3n) is 3.65. The molecule has 0 aliphatic carbocycles. The summed E-state index contributed by atoms with van der Waals surface area (Å²) < 4.78 is 0. The summed E-state index contributed by atoms with van der Waals surface area (Å²) in [5.41, 5.74) is 4.67. The van der Waals surface area contributed by atoms with Gasteiger partial charge in [-0.15, -0.1) is 11.8 Å². The minimum absolute atomic E-state index is 0.0156. The van der Waals surface area contributed by atoms with Crippen LogP contribution in [0.15, 0.2) is 42.5 Å². The number of carbonyl (C=O) groups excluding carboxylic acids is 1. The Hall–Kier alpha value is -2.25. The number of rotatable bonds is 5. The fraction of sp³-hybridized carbons (Fsp3) is 0.263. The molecule has 1 atom stereocenters. The van der Waals surface area contributed by atoms with Gasteiger partial charge in [-0.1, -0.05) is 30.3 Å². The van der Waals surface area contributed by atoms with Gasteiger partial charge in [-0.05, 0) is 49.6 Å². The van der Waals surface area contributed by atoms with Crippen molar-refractivity contribution < 1.29 is 4.79 Å². The summed E-state index contributed by atoms with van der Waals surface area (Å²) in [4.78, 5) is 12.4. The number of nitrogens with one attached hydrogen (secondary N) is 1. The highest BCUT2D eigenvalue weighted by Gasteiger charge is 2.15. The Kier molecular flexibility index (Phi) is 5.84. The lowest BCUT2D eigenvalue weighted by molar-refractivity contribution is -0.115. The van der Waals surface area contributed by atoms with E-state index in [4.69, 9.17) is 5.26 Å². The van der Waals surface area contributed by atoms with Gasteiger partial charge in [0.05, 0.1) is 16.9 Å². The van der Waals surface area contributed by atoms with Gasteiger partial charge in [0.25, 0.3) is 0 Å². The average Bonchev–Trinajstić information content (AvgIpc) is 2.56. The van der Waals surface area contributed by atoms with Crippen molar-refractivity contribution in [2.45, 2.75) is 31.8 Å². The minimum atomic E-state index is -0.193. The van der Waals surface area contributed by atoms with Crippen molar-refractivity contribution in [3.63, 3.8) is 0 Å². The van der Waals surface area contributed by atoms with Gasteiger partial charge in [0.15, 0.2) is 0 Å². The molecule has 1 N–H and O–H groups in total. The lowest BCUT2D eigenvalue weighted by atomic mass is 10.1. The molecule has 0 aliphatic heterocycles. The van der Waals surface area contributed by atoms with Gasteiger partial charge in [0.2, 0.25) is 5.91 Å². The summed E-state index contributed by atoms with van der Waals surface area (Å²) >= 11 is 1.53. The van der Waals surface area contributed by atoms with Gasteiger partial charge >= 0.3 is 0 Å². The molecule has 2 aromatic rings. The highest BCUT2D eigenvalue weighted by atomic mass is 32.2. The lowest BCUT2D eigenvalue weighted by Gasteiger charge is -2.14. The summed E-state index contributed by atoms with van der Waals surface area (Å²) in [7, 11) is 0. The number of hydrogen-bond acceptors (Lipinski definition) is 3. The van der Waals surface area contributed by atoms with Gasteiger partial charge in [0, 0.05) is 11.4 Å². The van der Waals surface area contributed by atoms with Crippen molar-refractivity contribution in [1.82, 2.24) is 0 Å². The molecule has 1 unspecified atom stereocenters. The Labute approximate surface area is 141 Å². The zero-order valence-corrected chi connectivity index (χ0v) is 14.4. The highest BCUT2D eigenvalue weighted by molar-refractivity contribution is 7.99. The molecule has 0 radical (unpaired) electrons. The van der Waals surface area contributed by atoms with Crippen molar-refractivity contribution >= 4 is 23.4 Å². The molecule has 0 saturated carbocycles. The van der Waals surface area contributed by atoms with Crippen molar-refractivity contribution in [2.24, 2.45) is 0 Å². The fourth-order valence-electron chi connectivity index (χ4n) is 2.15. The normalized spacial score (nSPS) is 11.6. The van der Waals surface area contributed by atoms with E-state index in [0.717, 1.165) is 22.4 Å². The number of thioether (sulfide) groups is 1. The number of anilines is 1. The van der Waals surface area contributed by atoms with Crippen LogP contribution in [0.1, 0.15) is 29.2 Å². The maximum Gasteiger partial charge on any atom is 0.237 e. The maximum absolute atomic E-state index is 12.4. The number of carbonyl (C=O) groups is 1. The standard InChI is InChI=1S/C19H20N2OS/c1-13-8-9-14(2)18(10-13)21-19(22)15(3)23-12-17-7-5-4-6-16(17)11-20/h4-10,15H,12H2,1-3H3,(H,21,22). The van der Waals surface area contributed by atoms with Crippen LogP contribution < -0.4 is 5.32 Å². The summed E-state index contributed by atoms with van der Waals surface area (Å²) in [5.74, 6) is 0.628. The highest BCUT2D eigenvalue weighted by Crippen LogP contribution is 2.22. The predicted octanol–water partition coefficient (Wildman–Crippen LogP) is 4.44. The molecule has 23 heavy (non-hydrogen) atoms. The molecule has 118 valence electrons. The second kappa shape index (κ2) is 7.85. The van der Waals surface area contributed by atoms with E-state index in [1.807, 2.05) is 57.2 Å². The van der Waals surface area contributed by atoms with Crippen molar-refractivity contribution in [2.75, 3.05) is 5.32 Å². The molecule has 0 spiro atoms. The summed E-state index contributed by atoms with van der Waals surface area (Å²) in [6.07, 6.45) is 0. The fourth-order valence-corrected chi connectivity index (χ4v) is 3.04. The zero-order valence-electron chi connectivity index (χ0n) is 13.6. The first-order chi connectivity index (χ1) is 11.0. The number of hydrogen-bond donors (Lipinski definition) is 1. The topological polar surface area (TPSA) is 52.9 Å². The molecule has 4 heteroatoms. The van der Waals surface area contributed by atoms with E-state index >= 15 is 0 Å². The van der Waals surface area contributed by atoms with Crippen LogP contribution in [0, 0.1) is 25.2 Å². The third kappa shape index (κ3) is 4.61. The van der Waals surface area contributed by atoms with Crippen molar-refractivity contribution in [1.29, 1.82) is 5.26 Å². The van der Waals surface area contributed by atoms with Crippen LogP contribution in [0.2, 0.25) is 0 Å². The number of amides is 1. The van der Waals surface area contributed by atoms with Crippen LogP contribution in [-0.2, 0) is 10.5 Å². The van der Waals surface area contributed by atoms with E-state index in [1.54, 1.807) is 6.07 Å². The molecule has 2 rings (SSSR count). The molecule has 0 aliphatic rings. The number of benzene rings is 2. The molecule has 1 amide bonds. The molecular formula is C19H20N2OS. The zero-order chi connectivity index (χ0) is 16.8. The molecule has 3 nitrogen and oxygen atoms in total. The van der Waals surface area contributed by atoms with Crippen molar-refractivity contribution in [3.05, 3.63) is 64.7 Å². The Balaban J connectivity index is 1.98. The monoisotopic (exact) mass is 324 g/mol. The van der Waals surface area contributed by atoms with Gasteiger partial charge in [-0.25, -0.2) is 0 Å². The van der Waals surface area contributed by atoms with Gasteiger partial charge < -0.3 is 5.32 Å². The summed E-state index contributed by atoms with van der Waals surface area (Å²) in [6.45, 7) is 5.88. The Morgan fingerprint density at radius 3 is 2.74 bits per heavy atom. The number of nitrogens with zero attached hydrogens (tertiary/aromatic N) is 1. The van der Waals surface area contributed by atoms with Crippen LogP contribution in [0.5, 0.6) is 0 Å². The lowest BCUT2D eigenvalue weighted by Crippen LogP contribution is -2.23. The molecular weight excluding hydrogens is 304 g/mol. The molecule has 0 bridgehead atoms. The predicted molar refractivity (Wildman–Crippen MR) is 96.5 cm³/mol. The van der Waals surface area contributed by atoms with E-state index in [1.165, 1.54) is 11.8 Å².